The van der Waals surface area contributed by atoms with Crippen molar-refractivity contribution in [3.63, 3.8) is 0 Å². The fourth-order valence-corrected chi connectivity index (χ4v) is 3.36. The van der Waals surface area contributed by atoms with E-state index in [9.17, 15) is 15.2 Å². The minimum atomic E-state index is -1.12. The monoisotopic (exact) mass is 348 g/mol. The fraction of sp³-hybridized carbons (Fsp3) is 0.278. The number of allylic oxidation sites excluding steroid dienone is 1. The molecule has 0 radical (unpaired) electrons. The summed E-state index contributed by atoms with van der Waals surface area (Å²) in [5.41, 5.74) is 1.50. The van der Waals surface area contributed by atoms with Gasteiger partial charge in [0.2, 0.25) is 0 Å². The summed E-state index contributed by atoms with van der Waals surface area (Å²) in [6, 6.07) is 7.49. The van der Waals surface area contributed by atoms with E-state index >= 15 is 0 Å². The van der Waals surface area contributed by atoms with Crippen molar-refractivity contribution in [2.75, 3.05) is 0 Å². The van der Waals surface area contributed by atoms with Crippen LogP contribution >= 0.6 is 0 Å². The van der Waals surface area contributed by atoms with Crippen LogP contribution in [0.5, 0.6) is 0 Å². The van der Waals surface area contributed by atoms with Crippen LogP contribution in [0, 0.1) is 11.3 Å². The minimum Gasteiger partial charge on any atom is -0.476 e. The summed E-state index contributed by atoms with van der Waals surface area (Å²) in [4.78, 5) is 11.4. The highest BCUT2D eigenvalue weighted by molar-refractivity contribution is 6.06. The van der Waals surface area contributed by atoms with Crippen LogP contribution in [-0.2, 0) is 13.0 Å². The Kier molecular flexibility index (Phi) is 3.97. The number of fused-ring (bicyclic) bond motifs is 2. The number of H-pyrrole nitrogens is 1. The van der Waals surface area contributed by atoms with E-state index < -0.39 is 5.97 Å². The molecule has 8 nitrogen and oxygen atoms in total. The second-order valence-corrected chi connectivity index (χ2v) is 6.22. The average Bonchev–Trinajstić information content (AvgIpc) is 3.18. The van der Waals surface area contributed by atoms with Gasteiger partial charge < -0.3 is 9.67 Å². The number of nitriles is 1. The molecule has 0 amide bonds. The number of carboxylic acids is 1. The predicted octanol–water partition coefficient (Wildman–Crippen LogP) is 2.64. The Morgan fingerprint density at radius 3 is 3.00 bits per heavy atom. The van der Waals surface area contributed by atoms with Gasteiger partial charge in [0.05, 0.1) is 11.1 Å². The van der Waals surface area contributed by atoms with Crippen molar-refractivity contribution in [3.8, 4) is 6.07 Å². The summed E-state index contributed by atoms with van der Waals surface area (Å²) in [7, 11) is 0. The molecule has 2 N–H and O–H groups in total. The number of carbonyl (C=O) groups is 1. The third kappa shape index (κ3) is 2.63. The standard InChI is InChI=1S/C18H16N6O2/c19-10-12(17-23-21-14-7-2-1-3-8-24(14)17)9-11-5-4-6-13-15(11)16(18(25)26)22-20-13/h4-6,9H,1-3,7-8H2,(H,20,22)(H,25,26)/b12-9+. The number of nitrogens with zero attached hydrogens (tertiary/aromatic N) is 5. The number of benzene rings is 1. The number of aromatic carboxylic acids is 1. The van der Waals surface area contributed by atoms with Gasteiger partial charge in [0, 0.05) is 18.4 Å². The first kappa shape index (κ1) is 16.0. The average molecular weight is 348 g/mol. The number of rotatable bonds is 3. The third-order valence-corrected chi connectivity index (χ3v) is 4.59. The van der Waals surface area contributed by atoms with Crippen LogP contribution in [0.4, 0.5) is 0 Å². The summed E-state index contributed by atoms with van der Waals surface area (Å²) in [5, 5.41) is 34.6. The molecule has 1 aliphatic heterocycles. The van der Waals surface area contributed by atoms with Crippen molar-refractivity contribution in [1.82, 2.24) is 25.0 Å². The van der Waals surface area contributed by atoms with Gasteiger partial charge in [-0.2, -0.15) is 10.4 Å². The lowest BCUT2D eigenvalue weighted by Gasteiger charge is -2.06. The molecule has 0 atom stereocenters. The molecule has 0 aliphatic carbocycles. The number of hydrogen-bond donors (Lipinski definition) is 2. The summed E-state index contributed by atoms with van der Waals surface area (Å²) >= 11 is 0. The number of aromatic nitrogens is 5. The van der Waals surface area contributed by atoms with Crippen molar-refractivity contribution in [2.24, 2.45) is 0 Å². The Bertz CT molecular complexity index is 1070. The van der Waals surface area contributed by atoms with Crippen LogP contribution < -0.4 is 0 Å². The van der Waals surface area contributed by atoms with Gasteiger partial charge in [0.25, 0.3) is 0 Å². The second-order valence-electron chi connectivity index (χ2n) is 6.22. The zero-order valence-electron chi connectivity index (χ0n) is 13.9. The molecule has 3 aromatic rings. The summed E-state index contributed by atoms with van der Waals surface area (Å²) < 4.78 is 2.00. The van der Waals surface area contributed by atoms with Crippen LogP contribution in [0.2, 0.25) is 0 Å². The molecule has 8 heteroatoms. The zero-order chi connectivity index (χ0) is 18.1. The second kappa shape index (κ2) is 6.44. The smallest absolute Gasteiger partial charge is 0.357 e. The van der Waals surface area contributed by atoms with Gasteiger partial charge in [0.1, 0.15) is 11.9 Å². The molecule has 3 heterocycles. The van der Waals surface area contributed by atoms with Gasteiger partial charge in [-0.25, -0.2) is 4.79 Å². The minimum absolute atomic E-state index is 0.0655. The highest BCUT2D eigenvalue weighted by atomic mass is 16.4. The quantitative estimate of drug-likeness (QED) is 0.702. The van der Waals surface area contributed by atoms with Gasteiger partial charge in [0.15, 0.2) is 11.5 Å². The molecule has 1 aromatic carbocycles. The van der Waals surface area contributed by atoms with Crippen molar-refractivity contribution in [2.45, 2.75) is 32.2 Å². The van der Waals surface area contributed by atoms with Crippen molar-refractivity contribution >= 4 is 28.5 Å². The molecular weight excluding hydrogens is 332 g/mol. The third-order valence-electron chi connectivity index (χ3n) is 4.59. The van der Waals surface area contributed by atoms with Crippen LogP contribution in [0.25, 0.3) is 22.6 Å². The van der Waals surface area contributed by atoms with E-state index in [1.807, 2.05) is 4.57 Å². The zero-order valence-corrected chi connectivity index (χ0v) is 13.9. The van der Waals surface area contributed by atoms with Gasteiger partial charge in [-0.1, -0.05) is 18.6 Å². The Labute approximate surface area is 148 Å². The summed E-state index contributed by atoms with van der Waals surface area (Å²) in [6.07, 6.45) is 5.74. The maximum absolute atomic E-state index is 11.4. The van der Waals surface area contributed by atoms with E-state index in [1.54, 1.807) is 24.3 Å². The molecular formula is C18H16N6O2. The molecule has 0 saturated heterocycles. The first-order valence-corrected chi connectivity index (χ1v) is 8.43. The molecule has 1 aliphatic rings. The molecule has 2 aromatic heterocycles. The molecule has 4 rings (SSSR count). The molecule has 0 fully saturated rings. The number of hydrogen-bond acceptors (Lipinski definition) is 5. The van der Waals surface area contributed by atoms with E-state index in [4.69, 9.17) is 0 Å². The first-order valence-electron chi connectivity index (χ1n) is 8.43. The Hall–Kier alpha value is -3.47. The maximum atomic E-state index is 11.4. The van der Waals surface area contributed by atoms with Gasteiger partial charge >= 0.3 is 5.97 Å². The Morgan fingerprint density at radius 2 is 2.19 bits per heavy atom. The normalized spacial score (nSPS) is 14.7. The van der Waals surface area contributed by atoms with E-state index in [2.05, 4.69) is 26.5 Å². The van der Waals surface area contributed by atoms with Gasteiger partial charge in [-0.05, 0) is 30.5 Å². The largest absolute Gasteiger partial charge is 0.476 e. The topological polar surface area (TPSA) is 120 Å². The Morgan fingerprint density at radius 1 is 1.31 bits per heavy atom. The molecule has 130 valence electrons. The van der Waals surface area contributed by atoms with Crippen molar-refractivity contribution in [3.05, 3.63) is 41.1 Å². The molecule has 0 unspecified atom stereocenters. The highest BCUT2D eigenvalue weighted by Crippen LogP contribution is 2.26. The lowest BCUT2D eigenvalue weighted by molar-refractivity contribution is 0.0692. The van der Waals surface area contributed by atoms with Gasteiger partial charge in [-0.3, -0.25) is 5.10 Å². The van der Waals surface area contributed by atoms with E-state index in [0.29, 0.717) is 27.9 Å². The number of aryl methyl sites for hydroxylation is 1. The number of carboxylic acid groups (broad SMARTS) is 1. The summed E-state index contributed by atoms with van der Waals surface area (Å²) in [5.74, 6) is 0.306. The number of nitrogens with one attached hydrogen (secondary N) is 1. The first-order chi connectivity index (χ1) is 12.7. The molecule has 0 spiro atoms. The predicted molar refractivity (Wildman–Crippen MR) is 94.1 cm³/mol. The van der Waals surface area contributed by atoms with E-state index in [1.165, 1.54) is 0 Å². The van der Waals surface area contributed by atoms with Crippen molar-refractivity contribution < 1.29 is 9.90 Å². The highest BCUT2D eigenvalue weighted by Gasteiger charge is 2.19. The maximum Gasteiger partial charge on any atom is 0.357 e. The van der Waals surface area contributed by atoms with Crippen molar-refractivity contribution in [1.29, 1.82) is 5.26 Å². The van der Waals surface area contributed by atoms with E-state index in [-0.39, 0.29) is 5.69 Å². The Balaban J connectivity index is 1.87. The van der Waals surface area contributed by atoms with Crippen LogP contribution in [0.15, 0.2) is 18.2 Å². The fourth-order valence-electron chi connectivity index (χ4n) is 3.36. The lowest BCUT2D eigenvalue weighted by Crippen LogP contribution is -2.05. The SMILES string of the molecule is N#C/C(=C\c1cccc2[nH]nc(C(=O)O)c12)c1nnc2n1CCCCC2. The van der Waals surface area contributed by atoms with Crippen LogP contribution in [-0.4, -0.2) is 36.0 Å². The van der Waals surface area contributed by atoms with Gasteiger partial charge in [-0.15, -0.1) is 10.2 Å². The summed E-state index contributed by atoms with van der Waals surface area (Å²) in [6.45, 7) is 0.785. The van der Waals surface area contributed by atoms with Crippen LogP contribution in [0.3, 0.4) is 0 Å². The number of aromatic amines is 1. The molecule has 0 bridgehead atoms. The van der Waals surface area contributed by atoms with E-state index in [0.717, 1.165) is 38.1 Å². The molecule has 0 saturated carbocycles. The van der Waals surface area contributed by atoms with Crippen LogP contribution in [0.1, 0.15) is 47.0 Å². The molecule has 26 heavy (non-hydrogen) atoms. The lowest BCUT2D eigenvalue weighted by atomic mass is 10.0.